The summed E-state index contributed by atoms with van der Waals surface area (Å²) in [6.07, 6.45) is 5.20. The Morgan fingerprint density at radius 1 is 1.58 bits per heavy atom. The van der Waals surface area contributed by atoms with Crippen LogP contribution in [0, 0.1) is 0 Å². The average Bonchev–Trinajstić information content (AvgIpc) is 2.48. The number of hydrogen-bond donors (Lipinski definition) is 2. The van der Waals surface area contributed by atoms with Gasteiger partial charge < -0.3 is 10.7 Å². The minimum absolute atomic E-state index is 0.716. The van der Waals surface area contributed by atoms with E-state index in [1.807, 2.05) is 6.07 Å². The number of anilines is 1. The molecule has 0 aliphatic carbocycles. The summed E-state index contributed by atoms with van der Waals surface area (Å²) in [5, 5.41) is 0.951. The second-order valence-electron chi connectivity index (χ2n) is 2.57. The molecule has 0 saturated heterocycles. The van der Waals surface area contributed by atoms with Gasteiger partial charge in [-0.15, -0.1) is 0 Å². The van der Waals surface area contributed by atoms with Crippen LogP contribution in [0.1, 0.15) is 5.69 Å². The Hall–Kier alpha value is -1.77. The lowest BCUT2D eigenvalue weighted by Crippen LogP contribution is -1.85. The lowest BCUT2D eigenvalue weighted by atomic mass is 10.2. The van der Waals surface area contributed by atoms with Gasteiger partial charge >= 0.3 is 0 Å². The lowest BCUT2D eigenvalue weighted by Gasteiger charge is -1.95. The number of hydrogen-bond acceptors (Lipinski definition) is 2. The van der Waals surface area contributed by atoms with Crippen LogP contribution in [0.15, 0.2) is 25.0 Å². The van der Waals surface area contributed by atoms with Gasteiger partial charge in [-0.1, -0.05) is 6.58 Å². The molecule has 2 heterocycles. The van der Waals surface area contributed by atoms with E-state index < -0.39 is 0 Å². The standard InChI is InChI=1S/C9H9N3/c1-2-7-9-6(10)5-12-8(9)3-4-11-7/h2-5,12H,1,10H2. The molecule has 0 aliphatic rings. The average molecular weight is 159 g/mol. The number of H-pyrrole nitrogens is 1. The van der Waals surface area contributed by atoms with E-state index in [2.05, 4.69) is 16.5 Å². The molecule has 3 N–H and O–H groups in total. The van der Waals surface area contributed by atoms with Gasteiger partial charge in [0.2, 0.25) is 0 Å². The highest BCUT2D eigenvalue weighted by Gasteiger charge is 2.03. The SMILES string of the molecule is C=Cc1nccc2[nH]cc(N)c12. The highest BCUT2D eigenvalue weighted by Crippen LogP contribution is 2.22. The van der Waals surface area contributed by atoms with Gasteiger partial charge in [0.25, 0.3) is 0 Å². The van der Waals surface area contributed by atoms with Crippen molar-refractivity contribution in [1.82, 2.24) is 9.97 Å². The normalized spacial score (nSPS) is 10.3. The quantitative estimate of drug-likeness (QED) is 0.666. The number of aromatic amines is 1. The van der Waals surface area contributed by atoms with Crippen molar-refractivity contribution >= 4 is 22.7 Å². The van der Waals surface area contributed by atoms with Crippen LogP contribution in [0.3, 0.4) is 0 Å². The van der Waals surface area contributed by atoms with Crippen molar-refractivity contribution in [2.24, 2.45) is 0 Å². The first-order valence-corrected chi connectivity index (χ1v) is 3.67. The monoisotopic (exact) mass is 159 g/mol. The van der Waals surface area contributed by atoms with E-state index in [1.165, 1.54) is 0 Å². The van der Waals surface area contributed by atoms with Gasteiger partial charge in [-0.25, -0.2) is 0 Å². The molecule has 0 spiro atoms. The number of nitrogens with zero attached hydrogens (tertiary/aromatic N) is 1. The van der Waals surface area contributed by atoms with Crippen molar-refractivity contribution in [3.05, 3.63) is 30.7 Å². The lowest BCUT2D eigenvalue weighted by molar-refractivity contribution is 1.33. The molecule has 0 radical (unpaired) electrons. The van der Waals surface area contributed by atoms with Crippen molar-refractivity contribution in [2.45, 2.75) is 0 Å². The van der Waals surface area contributed by atoms with Gasteiger partial charge in [0.15, 0.2) is 0 Å². The van der Waals surface area contributed by atoms with Gasteiger partial charge in [-0.3, -0.25) is 4.98 Å². The minimum Gasteiger partial charge on any atom is -0.397 e. The summed E-state index contributed by atoms with van der Waals surface area (Å²) < 4.78 is 0. The van der Waals surface area contributed by atoms with Gasteiger partial charge in [-0.05, 0) is 12.1 Å². The molecule has 2 aromatic rings. The molecule has 2 rings (SSSR count). The molecule has 60 valence electrons. The number of nitrogens with two attached hydrogens (primary N) is 1. The zero-order chi connectivity index (χ0) is 8.55. The largest absolute Gasteiger partial charge is 0.397 e. The van der Waals surface area contributed by atoms with E-state index >= 15 is 0 Å². The number of fused-ring (bicyclic) bond motifs is 1. The van der Waals surface area contributed by atoms with Crippen molar-refractivity contribution in [3.8, 4) is 0 Å². The maximum Gasteiger partial charge on any atom is 0.0738 e. The Labute approximate surface area is 69.9 Å². The summed E-state index contributed by atoms with van der Waals surface area (Å²) in [5.74, 6) is 0. The number of rotatable bonds is 1. The highest BCUT2D eigenvalue weighted by molar-refractivity contribution is 5.96. The van der Waals surface area contributed by atoms with Crippen LogP contribution < -0.4 is 5.73 Å². The van der Waals surface area contributed by atoms with E-state index in [4.69, 9.17) is 5.73 Å². The van der Waals surface area contributed by atoms with Crippen LogP contribution in [-0.2, 0) is 0 Å². The summed E-state index contributed by atoms with van der Waals surface area (Å²) in [6, 6.07) is 1.89. The third-order valence-corrected chi connectivity index (χ3v) is 1.85. The molecule has 0 fully saturated rings. The maximum atomic E-state index is 5.73. The first kappa shape index (κ1) is 6.91. The Morgan fingerprint density at radius 3 is 3.17 bits per heavy atom. The molecule has 0 amide bonds. The van der Waals surface area contributed by atoms with Crippen LogP contribution in [0.4, 0.5) is 5.69 Å². The fourth-order valence-corrected chi connectivity index (χ4v) is 1.28. The van der Waals surface area contributed by atoms with Crippen LogP contribution in [-0.4, -0.2) is 9.97 Å². The molecular weight excluding hydrogens is 150 g/mol. The Bertz CT molecular complexity index is 428. The fourth-order valence-electron chi connectivity index (χ4n) is 1.28. The molecule has 0 aliphatic heterocycles. The molecule has 0 unspecified atom stereocenters. The summed E-state index contributed by atoms with van der Waals surface area (Å²) in [6.45, 7) is 3.67. The molecular formula is C9H9N3. The van der Waals surface area contributed by atoms with Crippen molar-refractivity contribution in [3.63, 3.8) is 0 Å². The van der Waals surface area contributed by atoms with E-state index in [9.17, 15) is 0 Å². The smallest absolute Gasteiger partial charge is 0.0738 e. The summed E-state index contributed by atoms with van der Waals surface area (Å²) in [7, 11) is 0. The van der Waals surface area contributed by atoms with Crippen LogP contribution >= 0.6 is 0 Å². The zero-order valence-corrected chi connectivity index (χ0v) is 6.54. The Morgan fingerprint density at radius 2 is 2.42 bits per heavy atom. The second kappa shape index (κ2) is 2.37. The number of nitrogens with one attached hydrogen (secondary N) is 1. The predicted octanol–water partition coefficient (Wildman–Crippen LogP) is 1.79. The van der Waals surface area contributed by atoms with Gasteiger partial charge in [0, 0.05) is 17.8 Å². The number of pyridine rings is 1. The van der Waals surface area contributed by atoms with E-state index in [0.29, 0.717) is 5.69 Å². The topological polar surface area (TPSA) is 54.7 Å². The van der Waals surface area contributed by atoms with Crippen molar-refractivity contribution in [1.29, 1.82) is 0 Å². The van der Waals surface area contributed by atoms with Crippen LogP contribution in [0.25, 0.3) is 17.0 Å². The van der Waals surface area contributed by atoms with E-state index in [0.717, 1.165) is 16.6 Å². The van der Waals surface area contributed by atoms with Crippen molar-refractivity contribution < 1.29 is 0 Å². The first-order valence-electron chi connectivity index (χ1n) is 3.67. The van der Waals surface area contributed by atoms with E-state index in [-0.39, 0.29) is 0 Å². The molecule has 3 heteroatoms. The van der Waals surface area contributed by atoms with Gasteiger partial charge in [-0.2, -0.15) is 0 Å². The van der Waals surface area contributed by atoms with Crippen LogP contribution in [0.2, 0.25) is 0 Å². The minimum atomic E-state index is 0.716. The highest BCUT2D eigenvalue weighted by atomic mass is 14.8. The zero-order valence-electron chi connectivity index (χ0n) is 6.54. The first-order chi connectivity index (χ1) is 5.83. The molecule has 2 aromatic heterocycles. The van der Waals surface area contributed by atoms with Gasteiger partial charge in [0.1, 0.15) is 0 Å². The van der Waals surface area contributed by atoms with Gasteiger partial charge in [0.05, 0.1) is 16.9 Å². The molecule has 0 bridgehead atoms. The Balaban J connectivity index is 2.93. The Kier molecular flexibility index (Phi) is 1.37. The predicted molar refractivity (Wildman–Crippen MR) is 50.6 cm³/mol. The summed E-state index contributed by atoms with van der Waals surface area (Å²) in [5.41, 5.74) is 8.27. The third kappa shape index (κ3) is 0.797. The molecule has 0 saturated carbocycles. The van der Waals surface area contributed by atoms with Crippen LogP contribution in [0.5, 0.6) is 0 Å². The van der Waals surface area contributed by atoms with Crippen molar-refractivity contribution in [2.75, 3.05) is 5.73 Å². The summed E-state index contributed by atoms with van der Waals surface area (Å²) >= 11 is 0. The molecule has 0 aromatic carbocycles. The number of aromatic nitrogens is 2. The second-order valence-corrected chi connectivity index (χ2v) is 2.57. The maximum absolute atomic E-state index is 5.73. The number of nitrogen functional groups attached to an aromatic ring is 1. The summed E-state index contributed by atoms with van der Waals surface area (Å²) in [4.78, 5) is 7.19. The molecule has 12 heavy (non-hydrogen) atoms. The molecule has 3 nitrogen and oxygen atoms in total. The molecule has 0 atom stereocenters. The fraction of sp³-hybridized carbons (Fsp3) is 0. The third-order valence-electron chi connectivity index (χ3n) is 1.85. The van der Waals surface area contributed by atoms with E-state index in [1.54, 1.807) is 18.5 Å².